The quantitative estimate of drug-likeness (QED) is 0.713. The standard InChI is InChI=1S/C20H24F2N2O3/c1-3-26-14-17-7-5-4-6-16(17)12-23-20(25)24(2)13-15-8-10-18(11-9-15)27-19(21)22/h4-11,19H,3,12-14H2,1-2H3,(H,23,25). The molecule has 0 fully saturated rings. The fourth-order valence-corrected chi connectivity index (χ4v) is 2.51. The molecule has 0 aliphatic rings. The molecule has 0 spiro atoms. The van der Waals surface area contributed by atoms with Crippen molar-refractivity contribution >= 4 is 6.03 Å². The molecule has 0 aliphatic carbocycles. The molecule has 5 nitrogen and oxygen atoms in total. The van der Waals surface area contributed by atoms with Crippen LogP contribution in [0.1, 0.15) is 23.6 Å². The largest absolute Gasteiger partial charge is 0.435 e. The Morgan fingerprint density at radius 3 is 2.41 bits per heavy atom. The Morgan fingerprint density at radius 2 is 1.78 bits per heavy atom. The maximum absolute atomic E-state index is 12.3. The smallest absolute Gasteiger partial charge is 0.387 e. The topological polar surface area (TPSA) is 50.8 Å². The average molecular weight is 378 g/mol. The molecule has 0 heterocycles. The normalized spacial score (nSPS) is 10.7. The average Bonchev–Trinajstić information content (AvgIpc) is 2.66. The molecule has 0 saturated carbocycles. The molecule has 2 amide bonds. The SMILES string of the molecule is CCOCc1ccccc1CNC(=O)N(C)Cc1ccc(OC(F)F)cc1. The molecule has 1 N–H and O–H groups in total. The van der Waals surface area contributed by atoms with E-state index in [-0.39, 0.29) is 11.8 Å². The number of halogens is 2. The Labute approximate surface area is 157 Å². The van der Waals surface area contributed by atoms with Crippen molar-refractivity contribution in [2.24, 2.45) is 0 Å². The fraction of sp³-hybridized carbons (Fsp3) is 0.350. The zero-order valence-corrected chi connectivity index (χ0v) is 15.5. The van der Waals surface area contributed by atoms with Crippen molar-refractivity contribution in [1.29, 1.82) is 0 Å². The Morgan fingerprint density at radius 1 is 1.11 bits per heavy atom. The molecule has 0 aromatic heterocycles. The summed E-state index contributed by atoms with van der Waals surface area (Å²) in [5, 5.41) is 2.88. The van der Waals surface area contributed by atoms with Gasteiger partial charge in [-0.2, -0.15) is 8.78 Å². The van der Waals surface area contributed by atoms with E-state index in [1.54, 1.807) is 19.2 Å². The predicted octanol–water partition coefficient (Wildman–Crippen LogP) is 4.17. The zero-order chi connectivity index (χ0) is 19.6. The molecule has 0 atom stereocenters. The summed E-state index contributed by atoms with van der Waals surface area (Å²) >= 11 is 0. The summed E-state index contributed by atoms with van der Waals surface area (Å²) in [4.78, 5) is 13.8. The second kappa shape index (κ2) is 10.5. The van der Waals surface area contributed by atoms with Crippen LogP contribution in [0.25, 0.3) is 0 Å². The zero-order valence-electron chi connectivity index (χ0n) is 15.5. The second-order valence-electron chi connectivity index (χ2n) is 5.94. The maximum atomic E-state index is 12.3. The first-order chi connectivity index (χ1) is 13.0. The van der Waals surface area contributed by atoms with Crippen molar-refractivity contribution in [2.45, 2.75) is 33.2 Å². The molecule has 7 heteroatoms. The van der Waals surface area contributed by atoms with Crippen LogP contribution in [-0.4, -0.2) is 31.2 Å². The summed E-state index contributed by atoms with van der Waals surface area (Å²) in [6, 6.07) is 13.8. The van der Waals surface area contributed by atoms with Gasteiger partial charge in [0, 0.05) is 26.7 Å². The van der Waals surface area contributed by atoms with Gasteiger partial charge in [-0.3, -0.25) is 0 Å². The number of carbonyl (C=O) groups excluding carboxylic acids is 1. The van der Waals surface area contributed by atoms with Gasteiger partial charge < -0.3 is 19.7 Å². The molecule has 27 heavy (non-hydrogen) atoms. The third kappa shape index (κ3) is 6.86. The van der Waals surface area contributed by atoms with Crippen LogP contribution in [0.2, 0.25) is 0 Å². The number of alkyl halides is 2. The lowest BCUT2D eigenvalue weighted by atomic mass is 10.1. The van der Waals surface area contributed by atoms with Crippen molar-refractivity contribution < 1.29 is 23.0 Å². The molecule has 146 valence electrons. The molecule has 0 unspecified atom stereocenters. The van der Waals surface area contributed by atoms with Gasteiger partial charge in [-0.25, -0.2) is 4.79 Å². The summed E-state index contributed by atoms with van der Waals surface area (Å²) < 4.78 is 34.1. The third-order valence-electron chi connectivity index (χ3n) is 3.93. The van der Waals surface area contributed by atoms with Crippen LogP contribution < -0.4 is 10.1 Å². The maximum Gasteiger partial charge on any atom is 0.387 e. The highest BCUT2D eigenvalue weighted by Gasteiger charge is 2.11. The highest BCUT2D eigenvalue weighted by Crippen LogP contribution is 2.16. The highest BCUT2D eigenvalue weighted by atomic mass is 19.3. The van der Waals surface area contributed by atoms with Crippen LogP contribution in [0.4, 0.5) is 13.6 Å². The lowest BCUT2D eigenvalue weighted by Gasteiger charge is -2.19. The fourth-order valence-electron chi connectivity index (χ4n) is 2.51. The van der Waals surface area contributed by atoms with E-state index in [0.29, 0.717) is 26.3 Å². The Bertz CT molecular complexity index is 723. The van der Waals surface area contributed by atoms with Crippen molar-refractivity contribution in [3.05, 3.63) is 65.2 Å². The Balaban J connectivity index is 1.87. The molecule has 2 rings (SSSR count). The summed E-state index contributed by atoms with van der Waals surface area (Å²) in [6.07, 6.45) is 0. The van der Waals surface area contributed by atoms with E-state index in [2.05, 4.69) is 10.1 Å². The first-order valence-electron chi connectivity index (χ1n) is 8.66. The van der Waals surface area contributed by atoms with Crippen LogP contribution in [0.15, 0.2) is 48.5 Å². The summed E-state index contributed by atoms with van der Waals surface area (Å²) in [5.41, 5.74) is 2.85. The number of nitrogens with zero attached hydrogens (tertiary/aromatic N) is 1. The molecule has 2 aromatic rings. The lowest BCUT2D eigenvalue weighted by molar-refractivity contribution is -0.0498. The van der Waals surface area contributed by atoms with E-state index in [1.807, 2.05) is 31.2 Å². The van der Waals surface area contributed by atoms with Gasteiger partial charge >= 0.3 is 12.6 Å². The van der Waals surface area contributed by atoms with Gasteiger partial charge in [0.15, 0.2) is 0 Å². The monoisotopic (exact) mass is 378 g/mol. The number of hydrogen-bond donors (Lipinski definition) is 1. The van der Waals surface area contributed by atoms with Gasteiger partial charge in [-0.05, 0) is 35.7 Å². The minimum Gasteiger partial charge on any atom is -0.435 e. The number of urea groups is 1. The Hall–Kier alpha value is -2.67. The molecule has 0 aliphatic heterocycles. The minimum absolute atomic E-state index is 0.0896. The van der Waals surface area contributed by atoms with E-state index in [4.69, 9.17) is 4.74 Å². The van der Waals surface area contributed by atoms with Crippen molar-refractivity contribution in [1.82, 2.24) is 10.2 Å². The van der Waals surface area contributed by atoms with Crippen molar-refractivity contribution in [3.63, 3.8) is 0 Å². The van der Waals surface area contributed by atoms with Crippen LogP contribution in [0.5, 0.6) is 5.75 Å². The molecule has 0 radical (unpaired) electrons. The van der Waals surface area contributed by atoms with E-state index in [0.717, 1.165) is 16.7 Å². The van der Waals surface area contributed by atoms with E-state index < -0.39 is 6.61 Å². The summed E-state index contributed by atoms with van der Waals surface area (Å²) in [5.74, 6) is 0.0896. The van der Waals surface area contributed by atoms with Crippen LogP contribution in [-0.2, 0) is 24.4 Å². The molecule has 0 bridgehead atoms. The van der Waals surface area contributed by atoms with Crippen molar-refractivity contribution in [3.8, 4) is 5.75 Å². The third-order valence-corrected chi connectivity index (χ3v) is 3.93. The van der Waals surface area contributed by atoms with Crippen molar-refractivity contribution in [2.75, 3.05) is 13.7 Å². The first kappa shape index (κ1) is 20.6. The van der Waals surface area contributed by atoms with Gasteiger partial charge in [0.25, 0.3) is 0 Å². The minimum atomic E-state index is -2.85. The predicted molar refractivity (Wildman–Crippen MR) is 98.5 cm³/mol. The van der Waals surface area contributed by atoms with Gasteiger partial charge in [0.1, 0.15) is 5.75 Å². The Kier molecular flexibility index (Phi) is 8.00. The number of hydrogen-bond acceptors (Lipinski definition) is 3. The van der Waals surface area contributed by atoms with Gasteiger partial charge in [-0.1, -0.05) is 36.4 Å². The molecular weight excluding hydrogens is 354 g/mol. The molecule has 0 saturated heterocycles. The number of amides is 2. The van der Waals surface area contributed by atoms with E-state index >= 15 is 0 Å². The van der Waals surface area contributed by atoms with Gasteiger partial charge in [-0.15, -0.1) is 0 Å². The summed E-state index contributed by atoms with van der Waals surface area (Å²) in [7, 11) is 1.67. The van der Waals surface area contributed by atoms with E-state index in [1.165, 1.54) is 17.0 Å². The van der Waals surface area contributed by atoms with Crippen LogP contribution in [0, 0.1) is 0 Å². The number of carbonyl (C=O) groups is 1. The molecular formula is C20H24F2N2O3. The first-order valence-corrected chi connectivity index (χ1v) is 8.66. The molecule has 2 aromatic carbocycles. The van der Waals surface area contributed by atoms with Crippen LogP contribution >= 0.6 is 0 Å². The van der Waals surface area contributed by atoms with Gasteiger partial charge in [0.05, 0.1) is 6.61 Å². The number of benzene rings is 2. The highest BCUT2D eigenvalue weighted by molar-refractivity contribution is 5.73. The number of rotatable bonds is 9. The van der Waals surface area contributed by atoms with E-state index in [9.17, 15) is 13.6 Å². The van der Waals surface area contributed by atoms with Crippen LogP contribution in [0.3, 0.4) is 0 Å². The van der Waals surface area contributed by atoms with Gasteiger partial charge in [0.2, 0.25) is 0 Å². The second-order valence-corrected chi connectivity index (χ2v) is 5.94. The summed E-state index contributed by atoms with van der Waals surface area (Å²) in [6.45, 7) is 0.964. The number of nitrogens with one attached hydrogen (secondary N) is 1. The number of ether oxygens (including phenoxy) is 2. The lowest BCUT2D eigenvalue weighted by Crippen LogP contribution is -2.36.